The van der Waals surface area contributed by atoms with Gasteiger partial charge in [-0.25, -0.2) is 0 Å². The molecule has 0 bridgehead atoms. The maximum absolute atomic E-state index is 7.00. The van der Waals surface area contributed by atoms with E-state index in [1.165, 1.54) is 6.26 Å². The molecule has 0 unspecified atom stereocenters. The molecule has 2 nitrogen and oxygen atoms in total. The summed E-state index contributed by atoms with van der Waals surface area (Å²) in [6, 6.07) is 0. The van der Waals surface area contributed by atoms with Crippen LogP contribution < -0.4 is 0 Å². The van der Waals surface area contributed by atoms with Crippen molar-refractivity contribution in [1.29, 1.82) is 0 Å². The summed E-state index contributed by atoms with van der Waals surface area (Å²) in [4.78, 5) is 0. The summed E-state index contributed by atoms with van der Waals surface area (Å²) in [7, 11) is 1.00. The molecule has 0 atom stereocenters. The number of hydrogen-bond acceptors (Lipinski definition) is 2. The highest BCUT2D eigenvalue weighted by Crippen LogP contribution is 1.90. The summed E-state index contributed by atoms with van der Waals surface area (Å²) in [5, 5.41) is 7.00. The fraction of sp³-hybridized carbons (Fsp3) is 0.714. The Morgan fingerprint density at radius 3 is 2.11 bits per heavy atom. The summed E-state index contributed by atoms with van der Waals surface area (Å²) in [6.07, 6.45) is 1.47. The molecule has 0 rings (SSSR count). The molecule has 9 heavy (non-hydrogen) atoms. The fourth-order valence-electron chi connectivity index (χ4n) is 0.260. The molecule has 2 heteroatoms. The predicted octanol–water partition coefficient (Wildman–Crippen LogP) is 1.41. The molecule has 0 saturated carbocycles. The minimum atomic E-state index is 0.609. The van der Waals surface area contributed by atoms with Crippen molar-refractivity contribution in [3.63, 3.8) is 0 Å². The van der Waals surface area contributed by atoms with E-state index in [4.69, 9.17) is 9.84 Å². The number of rotatable bonds is 3. The monoisotopic (exact) mass is 132 g/mol. The Kier molecular flexibility index (Phi) is 13.2. The van der Waals surface area contributed by atoms with Crippen molar-refractivity contribution in [2.24, 2.45) is 5.92 Å². The number of hydrogen-bond donors (Lipinski definition) is 1. The van der Waals surface area contributed by atoms with E-state index in [0.717, 1.165) is 13.7 Å². The Labute approximate surface area is 57.2 Å². The van der Waals surface area contributed by atoms with Crippen LogP contribution in [0.3, 0.4) is 0 Å². The van der Waals surface area contributed by atoms with Crippen LogP contribution in [0.1, 0.15) is 13.8 Å². The van der Waals surface area contributed by atoms with Gasteiger partial charge in [0.15, 0.2) is 0 Å². The van der Waals surface area contributed by atoms with Gasteiger partial charge < -0.3 is 9.84 Å². The summed E-state index contributed by atoms with van der Waals surface area (Å²) in [5.41, 5.74) is 0. The Morgan fingerprint density at radius 1 is 1.56 bits per heavy atom. The molecule has 0 aliphatic carbocycles. The van der Waals surface area contributed by atoms with E-state index < -0.39 is 0 Å². The van der Waals surface area contributed by atoms with Crippen LogP contribution in [0.25, 0.3) is 0 Å². The standard InChI is InChI=1S/C6H12O.CH4O/c1-4-7-5-6(2)3;1-2/h4,6H,1,5H2,2-3H3;2H,1H3. The van der Waals surface area contributed by atoms with Crippen LogP contribution in [0, 0.1) is 5.92 Å². The molecule has 0 radical (unpaired) electrons. The second-order valence-corrected chi connectivity index (χ2v) is 1.89. The Bertz CT molecular complexity index is 50.9. The smallest absolute Gasteiger partial charge is 0.0895 e. The van der Waals surface area contributed by atoms with Gasteiger partial charge in [-0.05, 0) is 5.92 Å². The van der Waals surface area contributed by atoms with Gasteiger partial charge in [-0.2, -0.15) is 0 Å². The highest BCUT2D eigenvalue weighted by molar-refractivity contribution is 4.49. The molecule has 56 valence electrons. The van der Waals surface area contributed by atoms with Crippen molar-refractivity contribution in [3.8, 4) is 0 Å². The van der Waals surface area contributed by atoms with E-state index >= 15 is 0 Å². The van der Waals surface area contributed by atoms with Gasteiger partial charge in [-0.1, -0.05) is 20.4 Å². The Hall–Kier alpha value is -0.500. The van der Waals surface area contributed by atoms with E-state index in [9.17, 15) is 0 Å². The summed E-state index contributed by atoms with van der Waals surface area (Å²) < 4.78 is 4.86. The van der Waals surface area contributed by atoms with Gasteiger partial charge in [0.1, 0.15) is 0 Å². The van der Waals surface area contributed by atoms with Crippen molar-refractivity contribution in [1.82, 2.24) is 0 Å². The number of aliphatic hydroxyl groups excluding tert-OH is 1. The molecule has 0 aliphatic heterocycles. The van der Waals surface area contributed by atoms with Crippen molar-refractivity contribution in [2.75, 3.05) is 13.7 Å². The zero-order valence-electron chi connectivity index (χ0n) is 6.42. The highest BCUT2D eigenvalue weighted by atomic mass is 16.5. The van der Waals surface area contributed by atoms with E-state index in [1.54, 1.807) is 0 Å². The lowest BCUT2D eigenvalue weighted by Crippen LogP contribution is -1.95. The molecule has 1 N–H and O–H groups in total. The molecule has 0 heterocycles. The second kappa shape index (κ2) is 10.5. The maximum atomic E-state index is 7.00. The van der Waals surface area contributed by atoms with Crippen molar-refractivity contribution < 1.29 is 9.84 Å². The first kappa shape index (κ1) is 11.3. The van der Waals surface area contributed by atoms with Crippen molar-refractivity contribution in [3.05, 3.63) is 12.8 Å². The third-order valence-corrected chi connectivity index (χ3v) is 0.547. The zero-order chi connectivity index (χ0) is 7.70. The van der Waals surface area contributed by atoms with E-state index in [0.29, 0.717) is 5.92 Å². The summed E-state index contributed by atoms with van der Waals surface area (Å²) >= 11 is 0. The fourth-order valence-corrected chi connectivity index (χ4v) is 0.260. The molecule has 0 saturated heterocycles. The largest absolute Gasteiger partial charge is 0.502 e. The number of ether oxygens (including phenoxy) is 1. The van der Waals surface area contributed by atoms with Crippen LogP contribution >= 0.6 is 0 Å². The lowest BCUT2D eigenvalue weighted by molar-refractivity contribution is 0.212. The minimum absolute atomic E-state index is 0.609. The van der Waals surface area contributed by atoms with Crippen LogP contribution in [0.2, 0.25) is 0 Å². The maximum Gasteiger partial charge on any atom is 0.0895 e. The Balaban J connectivity index is 0. The van der Waals surface area contributed by atoms with Crippen molar-refractivity contribution in [2.45, 2.75) is 13.8 Å². The molecule has 0 spiro atoms. The Morgan fingerprint density at radius 2 is 2.00 bits per heavy atom. The van der Waals surface area contributed by atoms with Crippen LogP contribution in [0.5, 0.6) is 0 Å². The van der Waals surface area contributed by atoms with E-state index in [1.807, 2.05) is 0 Å². The highest BCUT2D eigenvalue weighted by Gasteiger charge is 1.87. The molecule has 0 aromatic carbocycles. The average Bonchev–Trinajstić information content (AvgIpc) is 1.88. The lowest BCUT2D eigenvalue weighted by Gasteiger charge is -2.00. The van der Waals surface area contributed by atoms with Crippen LogP contribution in [-0.2, 0) is 4.74 Å². The SMILES string of the molecule is C=COCC(C)C.CO. The average molecular weight is 132 g/mol. The molecular weight excluding hydrogens is 116 g/mol. The molecular formula is C7H16O2. The van der Waals surface area contributed by atoms with Crippen LogP contribution in [0.15, 0.2) is 12.8 Å². The third kappa shape index (κ3) is 18.5. The first-order chi connectivity index (χ1) is 4.27. The summed E-state index contributed by atoms with van der Waals surface area (Å²) in [6.45, 7) is 8.39. The first-order valence-corrected chi connectivity index (χ1v) is 2.94. The van der Waals surface area contributed by atoms with Crippen LogP contribution in [0.4, 0.5) is 0 Å². The van der Waals surface area contributed by atoms with Crippen LogP contribution in [-0.4, -0.2) is 18.8 Å². The molecule has 0 fully saturated rings. The topological polar surface area (TPSA) is 29.5 Å². The molecule has 0 aromatic heterocycles. The van der Waals surface area contributed by atoms with Gasteiger partial charge in [0.05, 0.1) is 12.9 Å². The van der Waals surface area contributed by atoms with E-state index in [2.05, 4.69) is 20.4 Å². The van der Waals surface area contributed by atoms with Gasteiger partial charge in [0.2, 0.25) is 0 Å². The van der Waals surface area contributed by atoms with Gasteiger partial charge in [0, 0.05) is 7.11 Å². The zero-order valence-corrected chi connectivity index (χ0v) is 6.42. The molecule has 0 aromatic rings. The van der Waals surface area contributed by atoms with Crippen molar-refractivity contribution >= 4 is 0 Å². The second-order valence-electron chi connectivity index (χ2n) is 1.89. The van der Waals surface area contributed by atoms with Gasteiger partial charge in [-0.3, -0.25) is 0 Å². The minimum Gasteiger partial charge on any atom is -0.502 e. The third-order valence-electron chi connectivity index (χ3n) is 0.547. The summed E-state index contributed by atoms with van der Waals surface area (Å²) in [5.74, 6) is 0.609. The molecule has 0 aliphatic rings. The number of aliphatic hydroxyl groups is 1. The lowest BCUT2D eigenvalue weighted by atomic mass is 10.2. The predicted molar refractivity (Wildman–Crippen MR) is 39.1 cm³/mol. The van der Waals surface area contributed by atoms with E-state index in [-0.39, 0.29) is 0 Å². The van der Waals surface area contributed by atoms with Gasteiger partial charge in [-0.15, -0.1) is 0 Å². The van der Waals surface area contributed by atoms with Gasteiger partial charge >= 0.3 is 0 Å². The first-order valence-electron chi connectivity index (χ1n) is 2.94. The quantitative estimate of drug-likeness (QED) is 0.588. The molecule has 0 amide bonds. The van der Waals surface area contributed by atoms with Gasteiger partial charge in [0.25, 0.3) is 0 Å². The normalized spacial score (nSPS) is 7.67.